The summed E-state index contributed by atoms with van der Waals surface area (Å²) >= 11 is 0. The van der Waals surface area contributed by atoms with Crippen LogP contribution >= 0.6 is 0 Å². The minimum absolute atomic E-state index is 0.970. The molecule has 0 fully saturated rings. The third-order valence-electron chi connectivity index (χ3n) is 3.13. The highest BCUT2D eigenvalue weighted by Gasteiger charge is 2.22. The number of para-hydroxylation sites is 2. The van der Waals surface area contributed by atoms with Gasteiger partial charge in [-0.3, -0.25) is 0 Å². The van der Waals surface area contributed by atoms with Gasteiger partial charge < -0.3 is 9.74 Å². The topological polar surface area (TPSA) is 21.3 Å². The van der Waals surface area contributed by atoms with Gasteiger partial charge in [0.05, 0.1) is 0 Å². The smallest absolute Gasteiger partial charge is 0.242 e. The van der Waals surface area contributed by atoms with Crippen molar-refractivity contribution in [3.8, 4) is 0 Å². The van der Waals surface area contributed by atoms with Crippen molar-refractivity contribution in [1.82, 2.24) is 0 Å². The molecule has 0 radical (unpaired) electrons. The quantitative estimate of drug-likeness (QED) is 0.774. The molecule has 1 heterocycles. The average molecular weight is 281 g/mol. The largest absolute Gasteiger partial charge is 0.544 e. The highest BCUT2D eigenvalue weighted by atomic mass is 28.4. The number of hydrogen-bond donors (Lipinski definition) is 1. The Bertz CT molecular complexity index is 671. The molecule has 3 heteroatoms. The van der Waals surface area contributed by atoms with Gasteiger partial charge in [0.25, 0.3) is 0 Å². The normalized spacial score (nSPS) is 13.4. The lowest BCUT2D eigenvalue weighted by Gasteiger charge is -2.22. The SMILES string of the molecule is C[Si](C)(C)OC1=Cc2ccccc2Nc2ccccc21. The summed E-state index contributed by atoms with van der Waals surface area (Å²) in [4.78, 5) is 0. The van der Waals surface area contributed by atoms with E-state index in [4.69, 9.17) is 4.43 Å². The first-order valence-corrected chi connectivity index (χ1v) is 10.3. The molecule has 0 bridgehead atoms. The van der Waals surface area contributed by atoms with Crippen molar-refractivity contribution in [2.45, 2.75) is 19.6 Å². The zero-order valence-electron chi connectivity index (χ0n) is 12.1. The third kappa shape index (κ3) is 2.63. The Morgan fingerprint density at radius 2 is 1.50 bits per heavy atom. The van der Waals surface area contributed by atoms with E-state index in [-0.39, 0.29) is 0 Å². The number of benzene rings is 2. The van der Waals surface area contributed by atoms with E-state index in [9.17, 15) is 0 Å². The van der Waals surface area contributed by atoms with Gasteiger partial charge in [-0.2, -0.15) is 0 Å². The van der Waals surface area contributed by atoms with Crippen molar-refractivity contribution < 1.29 is 4.43 Å². The monoisotopic (exact) mass is 281 g/mol. The van der Waals surface area contributed by atoms with Crippen LogP contribution in [0, 0.1) is 0 Å². The number of hydrogen-bond acceptors (Lipinski definition) is 2. The maximum absolute atomic E-state index is 6.30. The van der Waals surface area contributed by atoms with Crippen molar-refractivity contribution in [3.05, 3.63) is 59.7 Å². The molecule has 2 aromatic carbocycles. The van der Waals surface area contributed by atoms with Gasteiger partial charge in [0.1, 0.15) is 5.76 Å². The fraction of sp³-hybridized carbons (Fsp3) is 0.176. The van der Waals surface area contributed by atoms with Crippen LogP contribution in [0.4, 0.5) is 11.4 Å². The second kappa shape index (κ2) is 4.83. The van der Waals surface area contributed by atoms with Crippen LogP contribution < -0.4 is 5.32 Å². The van der Waals surface area contributed by atoms with Gasteiger partial charge in [0, 0.05) is 22.5 Å². The summed E-state index contributed by atoms with van der Waals surface area (Å²) in [6.07, 6.45) is 2.15. The third-order valence-corrected chi connectivity index (χ3v) is 3.96. The molecule has 2 nitrogen and oxygen atoms in total. The summed E-state index contributed by atoms with van der Waals surface area (Å²) in [5, 5.41) is 3.50. The number of fused-ring (bicyclic) bond motifs is 2. The Morgan fingerprint density at radius 3 is 2.25 bits per heavy atom. The first-order valence-electron chi connectivity index (χ1n) is 6.89. The minimum Gasteiger partial charge on any atom is -0.544 e. The summed E-state index contributed by atoms with van der Waals surface area (Å²) in [5.41, 5.74) is 4.51. The molecule has 0 aromatic heterocycles. The second-order valence-corrected chi connectivity index (χ2v) is 10.4. The van der Waals surface area contributed by atoms with E-state index < -0.39 is 8.32 Å². The predicted molar refractivity (Wildman–Crippen MR) is 88.5 cm³/mol. The van der Waals surface area contributed by atoms with E-state index in [0.717, 1.165) is 28.3 Å². The highest BCUT2D eigenvalue weighted by Crippen LogP contribution is 2.36. The molecule has 0 amide bonds. The van der Waals surface area contributed by atoms with Crippen LogP contribution in [0.1, 0.15) is 11.1 Å². The van der Waals surface area contributed by atoms with E-state index >= 15 is 0 Å². The van der Waals surface area contributed by atoms with Gasteiger partial charge in [-0.05, 0) is 43.9 Å². The van der Waals surface area contributed by atoms with E-state index in [1.165, 1.54) is 0 Å². The molecule has 2 aromatic rings. The Balaban J connectivity index is 2.16. The van der Waals surface area contributed by atoms with Crippen molar-refractivity contribution in [1.29, 1.82) is 0 Å². The van der Waals surface area contributed by atoms with Crippen molar-refractivity contribution >= 4 is 31.5 Å². The molecule has 102 valence electrons. The van der Waals surface area contributed by atoms with Gasteiger partial charge in [-0.25, -0.2) is 0 Å². The molecule has 0 spiro atoms. The molecule has 3 rings (SSSR count). The summed E-state index contributed by atoms with van der Waals surface area (Å²) < 4.78 is 6.30. The van der Waals surface area contributed by atoms with Crippen LogP contribution in [0.5, 0.6) is 0 Å². The molecule has 1 aliphatic heterocycles. The van der Waals surface area contributed by atoms with Gasteiger partial charge in [-0.15, -0.1) is 0 Å². The fourth-order valence-electron chi connectivity index (χ4n) is 2.32. The lowest BCUT2D eigenvalue weighted by Crippen LogP contribution is -2.24. The van der Waals surface area contributed by atoms with E-state index in [0.29, 0.717) is 0 Å². The lowest BCUT2D eigenvalue weighted by molar-refractivity contribution is 0.518. The van der Waals surface area contributed by atoms with Crippen LogP contribution in [0.15, 0.2) is 48.5 Å². The van der Waals surface area contributed by atoms with Gasteiger partial charge >= 0.3 is 0 Å². The Kier molecular flexibility index (Phi) is 3.14. The van der Waals surface area contributed by atoms with Crippen LogP contribution in [0.25, 0.3) is 11.8 Å². The molecule has 20 heavy (non-hydrogen) atoms. The molecule has 0 atom stereocenters. The molecule has 0 saturated carbocycles. The van der Waals surface area contributed by atoms with E-state index in [1.807, 2.05) is 12.1 Å². The fourth-order valence-corrected chi connectivity index (χ4v) is 3.15. The molecule has 1 aliphatic rings. The van der Waals surface area contributed by atoms with Gasteiger partial charge in [0.2, 0.25) is 8.32 Å². The lowest BCUT2D eigenvalue weighted by atomic mass is 10.1. The number of nitrogens with one attached hydrogen (secondary N) is 1. The van der Waals surface area contributed by atoms with Crippen molar-refractivity contribution in [3.63, 3.8) is 0 Å². The molecule has 0 aliphatic carbocycles. The maximum Gasteiger partial charge on any atom is 0.242 e. The van der Waals surface area contributed by atoms with Gasteiger partial charge in [0.15, 0.2) is 0 Å². The van der Waals surface area contributed by atoms with Crippen LogP contribution in [0.2, 0.25) is 19.6 Å². The average Bonchev–Trinajstić information content (AvgIpc) is 2.53. The molecular weight excluding hydrogens is 262 g/mol. The van der Waals surface area contributed by atoms with Gasteiger partial charge in [-0.1, -0.05) is 30.3 Å². The standard InChI is InChI=1S/C17H19NOSi/c1-20(2,3)19-17-12-13-8-4-6-10-15(13)18-16-11-7-5-9-14(16)17/h4-12,18H,1-3H3. The summed E-state index contributed by atoms with van der Waals surface area (Å²) in [5.74, 6) is 0.970. The first kappa shape index (κ1) is 13.0. The minimum atomic E-state index is -1.65. The van der Waals surface area contributed by atoms with Crippen LogP contribution in [0.3, 0.4) is 0 Å². The Hall–Kier alpha value is -2.00. The molecular formula is C17H19NOSi. The molecule has 0 saturated heterocycles. The Morgan fingerprint density at radius 1 is 0.850 bits per heavy atom. The zero-order chi connectivity index (χ0) is 14.2. The van der Waals surface area contributed by atoms with E-state index in [1.54, 1.807) is 0 Å². The van der Waals surface area contributed by atoms with Crippen molar-refractivity contribution in [2.75, 3.05) is 5.32 Å². The van der Waals surface area contributed by atoms with E-state index in [2.05, 4.69) is 67.4 Å². The Labute approximate surface area is 121 Å². The summed E-state index contributed by atoms with van der Waals surface area (Å²) in [7, 11) is -1.65. The summed E-state index contributed by atoms with van der Waals surface area (Å²) in [6.45, 7) is 6.63. The van der Waals surface area contributed by atoms with Crippen LogP contribution in [-0.4, -0.2) is 8.32 Å². The molecule has 1 N–H and O–H groups in total. The van der Waals surface area contributed by atoms with Crippen LogP contribution in [-0.2, 0) is 4.43 Å². The summed E-state index contributed by atoms with van der Waals surface area (Å²) in [6, 6.07) is 16.6. The first-order chi connectivity index (χ1) is 9.53. The predicted octanol–water partition coefficient (Wildman–Crippen LogP) is 5.09. The molecule has 0 unspecified atom stereocenters. The second-order valence-electron chi connectivity index (χ2n) is 5.98. The highest BCUT2D eigenvalue weighted by molar-refractivity contribution is 6.70. The number of anilines is 2. The number of rotatable bonds is 2. The zero-order valence-corrected chi connectivity index (χ0v) is 13.1. The maximum atomic E-state index is 6.30. The van der Waals surface area contributed by atoms with Crippen molar-refractivity contribution in [2.24, 2.45) is 0 Å².